The van der Waals surface area contributed by atoms with Gasteiger partial charge in [0.15, 0.2) is 0 Å². The minimum Gasteiger partial charge on any atom is -0.466 e. The molecule has 0 aromatic carbocycles. The van der Waals surface area contributed by atoms with Crippen molar-refractivity contribution in [2.24, 2.45) is 11.7 Å². The van der Waals surface area contributed by atoms with E-state index in [-0.39, 0.29) is 6.10 Å². The van der Waals surface area contributed by atoms with Crippen molar-refractivity contribution >= 4 is 11.8 Å². The van der Waals surface area contributed by atoms with Crippen molar-refractivity contribution in [1.82, 2.24) is 0 Å². The summed E-state index contributed by atoms with van der Waals surface area (Å²) in [5.41, 5.74) is 7.20. The number of hydrogen-bond donors (Lipinski definition) is 1. The minimum atomic E-state index is 0.238. The van der Waals surface area contributed by atoms with E-state index in [0.29, 0.717) is 17.1 Å². The van der Waals surface area contributed by atoms with Crippen molar-refractivity contribution in [1.29, 1.82) is 0 Å². The summed E-state index contributed by atoms with van der Waals surface area (Å²) in [4.78, 5) is 0. The zero-order valence-electron chi connectivity index (χ0n) is 15.5. The summed E-state index contributed by atoms with van der Waals surface area (Å²) in [6.07, 6.45) is 3.24. The van der Waals surface area contributed by atoms with Crippen molar-refractivity contribution in [3.05, 3.63) is 34.8 Å². The molecule has 3 unspecified atom stereocenters. The van der Waals surface area contributed by atoms with Crippen LogP contribution in [0.3, 0.4) is 0 Å². The Morgan fingerprint density at radius 1 is 1.30 bits per heavy atom. The molecule has 1 aromatic heterocycles. The predicted octanol–water partition coefficient (Wildman–Crippen LogP) is 5.32. The van der Waals surface area contributed by atoms with Gasteiger partial charge in [-0.25, -0.2) is 0 Å². The van der Waals surface area contributed by atoms with E-state index in [1.54, 1.807) is 18.9 Å². The SMILES string of the molecule is CCC(S/C=C(\N)C(C)CCc1ccc(C(C)C)o1)C(C)OC. The second-order valence-electron chi connectivity index (χ2n) is 6.54. The Hall–Kier alpha value is -0.870. The fourth-order valence-electron chi connectivity index (χ4n) is 2.34. The number of thioether (sulfide) groups is 1. The van der Waals surface area contributed by atoms with Gasteiger partial charge in [0.25, 0.3) is 0 Å². The number of allylic oxidation sites excluding steroid dienone is 1. The maximum atomic E-state index is 6.25. The van der Waals surface area contributed by atoms with Gasteiger partial charge in [0, 0.05) is 30.4 Å². The summed E-state index contributed by atoms with van der Waals surface area (Å²) in [5.74, 6) is 2.91. The normalized spacial score (nSPS) is 16.6. The molecule has 1 aromatic rings. The third-order valence-corrected chi connectivity index (χ3v) is 5.80. The highest BCUT2D eigenvalue weighted by atomic mass is 32.2. The van der Waals surface area contributed by atoms with Gasteiger partial charge in [-0.15, -0.1) is 11.8 Å². The molecule has 23 heavy (non-hydrogen) atoms. The van der Waals surface area contributed by atoms with Crippen LogP contribution in [0.5, 0.6) is 0 Å². The van der Waals surface area contributed by atoms with Gasteiger partial charge in [0.2, 0.25) is 0 Å². The van der Waals surface area contributed by atoms with Crippen LogP contribution in [-0.2, 0) is 11.2 Å². The summed E-state index contributed by atoms with van der Waals surface area (Å²) in [6.45, 7) is 10.8. The van der Waals surface area contributed by atoms with Crippen molar-refractivity contribution in [2.45, 2.75) is 71.2 Å². The second kappa shape index (κ2) is 10.1. The maximum Gasteiger partial charge on any atom is 0.106 e. The monoisotopic (exact) mass is 339 g/mol. The van der Waals surface area contributed by atoms with Crippen LogP contribution in [0, 0.1) is 5.92 Å². The number of hydrogen-bond acceptors (Lipinski definition) is 4. The van der Waals surface area contributed by atoms with E-state index in [9.17, 15) is 0 Å². The van der Waals surface area contributed by atoms with Crippen molar-refractivity contribution < 1.29 is 9.15 Å². The molecular weight excluding hydrogens is 306 g/mol. The highest BCUT2D eigenvalue weighted by molar-refractivity contribution is 8.02. The van der Waals surface area contributed by atoms with Gasteiger partial charge in [0.1, 0.15) is 11.5 Å². The Morgan fingerprint density at radius 3 is 2.52 bits per heavy atom. The molecule has 132 valence electrons. The van der Waals surface area contributed by atoms with Gasteiger partial charge >= 0.3 is 0 Å². The van der Waals surface area contributed by atoms with E-state index >= 15 is 0 Å². The first-order valence-corrected chi connectivity index (χ1v) is 9.55. The molecule has 3 nitrogen and oxygen atoms in total. The minimum absolute atomic E-state index is 0.238. The summed E-state index contributed by atoms with van der Waals surface area (Å²) in [5, 5.41) is 2.56. The van der Waals surface area contributed by atoms with E-state index in [4.69, 9.17) is 14.9 Å². The summed E-state index contributed by atoms with van der Waals surface area (Å²) in [7, 11) is 1.76. The quantitative estimate of drug-likeness (QED) is 0.627. The number of aryl methyl sites for hydroxylation is 1. The third kappa shape index (κ3) is 6.64. The van der Waals surface area contributed by atoms with Gasteiger partial charge in [-0.3, -0.25) is 0 Å². The average molecular weight is 340 g/mol. The number of methoxy groups -OCH3 is 1. The van der Waals surface area contributed by atoms with Gasteiger partial charge in [-0.2, -0.15) is 0 Å². The molecule has 0 radical (unpaired) electrons. The first-order chi connectivity index (χ1) is 10.9. The molecule has 0 saturated heterocycles. The molecular formula is C19H33NO2S. The van der Waals surface area contributed by atoms with Crippen LogP contribution in [0.1, 0.15) is 64.9 Å². The molecule has 0 aliphatic rings. The van der Waals surface area contributed by atoms with Crippen LogP contribution >= 0.6 is 11.8 Å². The Morgan fingerprint density at radius 2 is 2.00 bits per heavy atom. The fraction of sp³-hybridized carbons (Fsp3) is 0.684. The van der Waals surface area contributed by atoms with Crippen molar-refractivity contribution in [3.8, 4) is 0 Å². The average Bonchev–Trinajstić information content (AvgIpc) is 3.01. The van der Waals surface area contributed by atoms with Crippen LogP contribution in [0.25, 0.3) is 0 Å². The van der Waals surface area contributed by atoms with Crippen molar-refractivity contribution in [3.63, 3.8) is 0 Å². The van der Waals surface area contributed by atoms with Gasteiger partial charge in [-0.05, 0) is 43.2 Å². The van der Waals surface area contributed by atoms with Crippen LogP contribution in [0.15, 0.2) is 27.7 Å². The molecule has 3 atom stereocenters. The lowest BCUT2D eigenvalue weighted by atomic mass is 10.0. The molecule has 2 N–H and O–H groups in total. The predicted molar refractivity (Wildman–Crippen MR) is 101 cm³/mol. The Balaban J connectivity index is 2.48. The molecule has 0 aliphatic carbocycles. The summed E-state index contributed by atoms with van der Waals surface area (Å²) >= 11 is 1.78. The highest BCUT2D eigenvalue weighted by Gasteiger charge is 2.15. The largest absolute Gasteiger partial charge is 0.466 e. The van der Waals surface area contributed by atoms with E-state index in [1.165, 1.54) is 0 Å². The second-order valence-corrected chi connectivity index (χ2v) is 7.65. The van der Waals surface area contributed by atoms with E-state index < -0.39 is 0 Å². The fourth-order valence-corrected chi connectivity index (χ4v) is 3.43. The lowest BCUT2D eigenvalue weighted by Gasteiger charge is -2.20. The van der Waals surface area contributed by atoms with Gasteiger partial charge in [0.05, 0.1) is 6.10 Å². The number of nitrogens with two attached hydrogens (primary N) is 1. The number of ether oxygens (including phenoxy) is 1. The lowest BCUT2D eigenvalue weighted by molar-refractivity contribution is 0.115. The maximum absolute atomic E-state index is 6.25. The highest BCUT2D eigenvalue weighted by Crippen LogP contribution is 2.25. The molecule has 1 heterocycles. The molecule has 0 aliphatic heterocycles. The molecule has 0 saturated carbocycles. The van der Waals surface area contributed by atoms with Crippen LogP contribution in [0.2, 0.25) is 0 Å². The Bertz CT molecular complexity index is 481. The van der Waals surface area contributed by atoms with Crippen LogP contribution in [0.4, 0.5) is 0 Å². The standard InChI is InChI=1S/C19H33NO2S/c1-7-19(15(5)21-6)23-12-17(20)14(4)8-9-16-10-11-18(22-16)13(2)3/h10-15,19H,7-9,20H2,1-6H3/b17-12-. The van der Waals surface area contributed by atoms with Crippen LogP contribution in [-0.4, -0.2) is 18.5 Å². The zero-order chi connectivity index (χ0) is 17.4. The van der Waals surface area contributed by atoms with E-state index in [0.717, 1.165) is 36.5 Å². The van der Waals surface area contributed by atoms with Crippen LogP contribution < -0.4 is 5.73 Å². The Labute approximate surface area is 146 Å². The van der Waals surface area contributed by atoms with E-state index in [1.807, 2.05) is 0 Å². The lowest BCUT2D eigenvalue weighted by Crippen LogP contribution is -2.21. The molecule has 1 rings (SSSR count). The molecule has 4 heteroatoms. The topological polar surface area (TPSA) is 48.4 Å². The van der Waals surface area contributed by atoms with Crippen molar-refractivity contribution in [2.75, 3.05) is 7.11 Å². The van der Waals surface area contributed by atoms with Gasteiger partial charge in [-0.1, -0.05) is 27.7 Å². The Kier molecular flexibility index (Phi) is 8.85. The zero-order valence-corrected chi connectivity index (χ0v) is 16.3. The molecule has 0 fully saturated rings. The number of rotatable bonds is 10. The smallest absolute Gasteiger partial charge is 0.106 e. The summed E-state index contributed by atoms with van der Waals surface area (Å²) in [6, 6.07) is 4.17. The molecule has 0 bridgehead atoms. The van der Waals surface area contributed by atoms with Gasteiger partial charge < -0.3 is 14.9 Å². The number of furan rings is 1. The third-order valence-electron chi connectivity index (χ3n) is 4.32. The molecule has 0 amide bonds. The van der Waals surface area contributed by atoms with E-state index in [2.05, 4.69) is 52.2 Å². The first kappa shape index (κ1) is 20.2. The first-order valence-electron chi connectivity index (χ1n) is 8.61. The molecule has 0 spiro atoms. The summed E-state index contributed by atoms with van der Waals surface area (Å²) < 4.78 is 11.3.